The number of alkyl halides is 1. The van der Waals surface area contributed by atoms with E-state index in [-0.39, 0.29) is 5.41 Å². The maximum atomic E-state index is 11.0. The lowest BCUT2D eigenvalue weighted by Gasteiger charge is -2.29. The van der Waals surface area contributed by atoms with Gasteiger partial charge in [0.25, 0.3) is 0 Å². The van der Waals surface area contributed by atoms with E-state index in [4.69, 9.17) is 9.84 Å². The van der Waals surface area contributed by atoms with Gasteiger partial charge in [-0.15, -0.1) is 0 Å². The second-order valence-corrected chi connectivity index (χ2v) is 5.50. The van der Waals surface area contributed by atoms with Crippen LogP contribution in [0.2, 0.25) is 0 Å². The molecule has 20 heavy (non-hydrogen) atoms. The molecule has 0 fully saturated rings. The molecule has 0 heterocycles. The largest absolute Gasteiger partial charge is 0.496 e. The molecular formula is C16H17BrO3. The summed E-state index contributed by atoms with van der Waals surface area (Å²) < 4.78 is 5.38. The van der Waals surface area contributed by atoms with Crippen LogP contribution in [0.5, 0.6) is 5.75 Å². The van der Waals surface area contributed by atoms with Crippen molar-refractivity contribution >= 4 is 21.9 Å². The van der Waals surface area contributed by atoms with Gasteiger partial charge >= 0.3 is 5.97 Å². The van der Waals surface area contributed by atoms with Gasteiger partial charge in [0.05, 0.1) is 13.0 Å². The number of hydrogen-bond donors (Lipinski definition) is 1. The molecule has 1 aromatic carbocycles. The number of aliphatic carboxylic acids is 1. The Labute approximate surface area is 127 Å². The van der Waals surface area contributed by atoms with E-state index < -0.39 is 11.9 Å². The van der Waals surface area contributed by atoms with E-state index >= 15 is 0 Å². The standard InChI is InChI=1S/C16H17BrO3/c1-20-14-5-3-2-4-13(14)10-16(11-17)8-6-12(7-9-16)15(18)19/h2-9,12H,10-11H2,1H3,(H,18,19). The van der Waals surface area contributed by atoms with E-state index in [0.29, 0.717) is 0 Å². The first-order chi connectivity index (χ1) is 9.60. The van der Waals surface area contributed by atoms with E-state index in [0.717, 1.165) is 23.1 Å². The summed E-state index contributed by atoms with van der Waals surface area (Å²) in [6.07, 6.45) is 8.22. The Hall–Kier alpha value is -1.55. The molecular weight excluding hydrogens is 320 g/mol. The van der Waals surface area contributed by atoms with Gasteiger partial charge in [-0.1, -0.05) is 58.4 Å². The summed E-state index contributed by atoms with van der Waals surface area (Å²) in [5.41, 5.74) is 0.901. The van der Waals surface area contributed by atoms with Gasteiger partial charge in [0, 0.05) is 10.7 Å². The van der Waals surface area contributed by atoms with Crippen molar-refractivity contribution in [1.82, 2.24) is 0 Å². The summed E-state index contributed by atoms with van der Waals surface area (Å²) in [6, 6.07) is 7.90. The number of halogens is 1. The van der Waals surface area contributed by atoms with Crippen LogP contribution in [-0.4, -0.2) is 23.5 Å². The topological polar surface area (TPSA) is 46.5 Å². The number of carboxylic acids is 1. The Bertz CT molecular complexity index is 534. The zero-order valence-electron chi connectivity index (χ0n) is 11.3. The predicted octanol–water partition coefficient (Wildman–Crippen LogP) is 3.45. The molecule has 1 aliphatic carbocycles. The van der Waals surface area contributed by atoms with Crippen molar-refractivity contribution in [3.8, 4) is 5.75 Å². The Morgan fingerprint density at radius 1 is 1.35 bits per heavy atom. The molecule has 0 spiro atoms. The fourth-order valence-corrected chi connectivity index (χ4v) is 2.90. The number of para-hydroxylation sites is 1. The Balaban J connectivity index is 2.24. The van der Waals surface area contributed by atoms with Gasteiger partial charge in [-0.3, -0.25) is 4.79 Å². The molecule has 0 aliphatic heterocycles. The number of rotatable bonds is 5. The molecule has 0 amide bonds. The van der Waals surface area contributed by atoms with Crippen LogP contribution in [0.4, 0.5) is 0 Å². The van der Waals surface area contributed by atoms with Gasteiger partial charge in [0.2, 0.25) is 0 Å². The third-order valence-corrected chi connectivity index (χ3v) is 4.56. The van der Waals surface area contributed by atoms with Crippen molar-refractivity contribution in [2.24, 2.45) is 11.3 Å². The lowest BCUT2D eigenvalue weighted by molar-refractivity contribution is -0.138. The fourth-order valence-electron chi connectivity index (χ4n) is 2.33. The summed E-state index contributed by atoms with van der Waals surface area (Å²) in [6.45, 7) is 0. The van der Waals surface area contributed by atoms with E-state index in [2.05, 4.69) is 15.9 Å². The molecule has 1 aliphatic rings. The van der Waals surface area contributed by atoms with Crippen molar-refractivity contribution in [3.05, 3.63) is 54.1 Å². The molecule has 0 saturated heterocycles. The molecule has 1 aromatic rings. The molecule has 0 aromatic heterocycles. The summed E-state index contributed by atoms with van der Waals surface area (Å²) in [7, 11) is 1.66. The first kappa shape index (κ1) is 14.9. The Kier molecular flexibility index (Phi) is 4.65. The molecule has 106 valence electrons. The number of hydrogen-bond acceptors (Lipinski definition) is 2. The molecule has 3 nitrogen and oxygen atoms in total. The number of ether oxygens (including phenoxy) is 1. The van der Waals surface area contributed by atoms with Gasteiger partial charge in [0.15, 0.2) is 0 Å². The Morgan fingerprint density at radius 3 is 2.55 bits per heavy atom. The highest BCUT2D eigenvalue weighted by molar-refractivity contribution is 9.09. The molecule has 0 bridgehead atoms. The highest BCUT2D eigenvalue weighted by Gasteiger charge is 2.29. The molecule has 0 radical (unpaired) electrons. The monoisotopic (exact) mass is 336 g/mol. The molecule has 1 N–H and O–H groups in total. The number of carboxylic acid groups (broad SMARTS) is 1. The van der Waals surface area contributed by atoms with E-state index in [1.807, 2.05) is 36.4 Å². The number of methoxy groups -OCH3 is 1. The van der Waals surface area contributed by atoms with Gasteiger partial charge < -0.3 is 9.84 Å². The second kappa shape index (κ2) is 6.27. The minimum atomic E-state index is -0.821. The van der Waals surface area contributed by atoms with Crippen molar-refractivity contribution in [1.29, 1.82) is 0 Å². The second-order valence-electron chi connectivity index (χ2n) is 4.94. The zero-order chi connectivity index (χ0) is 14.6. The third-order valence-electron chi connectivity index (χ3n) is 3.52. The maximum Gasteiger partial charge on any atom is 0.314 e. The average Bonchev–Trinajstić information content (AvgIpc) is 2.48. The van der Waals surface area contributed by atoms with Crippen LogP contribution in [0, 0.1) is 11.3 Å². The minimum Gasteiger partial charge on any atom is -0.496 e. The van der Waals surface area contributed by atoms with Crippen LogP contribution in [0.15, 0.2) is 48.6 Å². The van der Waals surface area contributed by atoms with Crippen LogP contribution in [0.1, 0.15) is 5.56 Å². The van der Waals surface area contributed by atoms with Gasteiger partial charge in [0.1, 0.15) is 5.75 Å². The lowest BCUT2D eigenvalue weighted by atomic mass is 9.78. The van der Waals surface area contributed by atoms with Crippen molar-refractivity contribution < 1.29 is 14.6 Å². The minimum absolute atomic E-state index is 0.208. The van der Waals surface area contributed by atoms with Gasteiger partial charge in [-0.25, -0.2) is 0 Å². The summed E-state index contributed by atoms with van der Waals surface area (Å²) >= 11 is 3.54. The first-order valence-electron chi connectivity index (χ1n) is 6.39. The third kappa shape index (κ3) is 3.12. The lowest BCUT2D eigenvalue weighted by Crippen LogP contribution is -2.25. The Morgan fingerprint density at radius 2 is 2.00 bits per heavy atom. The highest BCUT2D eigenvalue weighted by Crippen LogP contribution is 2.35. The SMILES string of the molecule is COc1ccccc1CC1(CBr)C=CC(C(=O)O)C=C1. The molecule has 0 unspecified atom stereocenters. The van der Waals surface area contributed by atoms with Crippen LogP contribution in [-0.2, 0) is 11.2 Å². The van der Waals surface area contributed by atoms with Crippen LogP contribution in [0.3, 0.4) is 0 Å². The molecule has 0 atom stereocenters. The normalized spacial score (nSPS) is 24.6. The van der Waals surface area contributed by atoms with Crippen LogP contribution >= 0.6 is 15.9 Å². The smallest absolute Gasteiger partial charge is 0.314 e. The van der Waals surface area contributed by atoms with Crippen molar-refractivity contribution in [2.45, 2.75) is 6.42 Å². The van der Waals surface area contributed by atoms with E-state index in [9.17, 15) is 4.79 Å². The summed E-state index contributed by atoms with van der Waals surface area (Å²) in [4.78, 5) is 11.0. The fraction of sp³-hybridized carbons (Fsp3) is 0.312. The van der Waals surface area contributed by atoms with E-state index in [1.54, 1.807) is 19.3 Å². The zero-order valence-corrected chi connectivity index (χ0v) is 12.8. The molecule has 4 heteroatoms. The van der Waals surface area contributed by atoms with Gasteiger partial charge in [-0.2, -0.15) is 0 Å². The maximum absolute atomic E-state index is 11.0. The van der Waals surface area contributed by atoms with Crippen LogP contribution < -0.4 is 4.74 Å². The van der Waals surface area contributed by atoms with Gasteiger partial charge in [-0.05, 0) is 18.1 Å². The summed E-state index contributed by atoms with van der Waals surface area (Å²) in [5, 5.41) is 9.75. The van der Waals surface area contributed by atoms with Crippen LogP contribution in [0.25, 0.3) is 0 Å². The predicted molar refractivity (Wildman–Crippen MR) is 82.3 cm³/mol. The highest BCUT2D eigenvalue weighted by atomic mass is 79.9. The quantitative estimate of drug-likeness (QED) is 0.661. The number of carbonyl (C=O) groups is 1. The number of allylic oxidation sites excluding steroid dienone is 2. The van der Waals surface area contributed by atoms with Crippen molar-refractivity contribution in [3.63, 3.8) is 0 Å². The average molecular weight is 337 g/mol. The summed E-state index contributed by atoms with van der Waals surface area (Å²) in [5.74, 6) is -0.493. The van der Waals surface area contributed by atoms with Crippen molar-refractivity contribution in [2.75, 3.05) is 12.4 Å². The molecule has 0 saturated carbocycles. The molecule has 2 rings (SSSR count). The van der Waals surface area contributed by atoms with E-state index in [1.165, 1.54) is 0 Å². The first-order valence-corrected chi connectivity index (χ1v) is 7.52. The number of benzene rings is 1.